The van der Waals surface area contributed by atoms with Gasteiger partial charge in [-0.1, -0.05) is 19.3 Å². The summed E-state index contributed by atoms with van der Waals surface area (Å²) in [6.07, 6.45) is 7.00. The molecule has 30 heavy (non-hydrogen) atoms. The second kappa shape index (κ2) is 8.68. The Morgan fingerprint density at radius 3 is 2.47 bits per heavy atom. The van der Waals surface area contributed by atoms with E-state index in [0.29, 0.717) is 36.8 Å². The number of rotatable bonds is 4. The minimum atomic E-state index is -0.498. The average molecular weight is 414 g/mol. The van der Waals surface area contributed by atoms with Gasteiger partial charge in [-0.15, -0.1) is 0 Å². The third-order valence-corrected chi connectivity index (χ3v) is 6.02. The molecule has 1 saturated carbocycles. The van der Waals surface area contributed by atoms with E-state index < -0.39 is 4.92 Å². The molecule has 1 saturated heterocycles. The van der Waals surface area contributed by atoms with E-state index >= 15 is 0 Å². The number of aromatic nitrogens is 2. The van der Waals surface area contributed by atoms with Gasteiger partial charge >= 0.3 is 6.03 Å². The SMILES string of the molecule is O=C(NC1CCN(C(=O)NC2CCCCC2)CC1)c1n[nH]c2ccc([N+](=O)[O-])cc12. The number of aromatic amines is 1. The van der Waals surface area contributed by atoms with Crippen LogP contribution in [0.4, 0.5) is 10.5 Å². The highest BCUT2D eigenvalue weighted by Crippen LogP contribution is 2.23. The van der Waals surface area contributed by atoms with E-state index in [1.165, 1.54) is 31.4 Å². The van der Waals surface area contributed by atoms with Crippen molar-refractivity contribution in [3.05, 3.63) is 34.0 Å². The van der Waals surface area contributed by atoms with E-state index in [0.717, 1.165) is 12.8 Å². The fourth-order valence-corrected chi connectivity index (χ4v) is 4.28. The van der Waals surface area contributed by atoms with Crippen LogP contribution in [0.15, 0.2) is 18.2 Å². The smallest absolute Gasteiger partial charge is 0.317 e. The highest BCUT2D eigenvalue weighted by atomic mass is 16.6. The number of nitro benzene ring substituents is 1. The summed E-state index contributed by atoms with van der Waals surface area (Å²) in [5.74, 6) is -0.369. The molecule has 0 spiro atoms. The van der Waals surface area contributed by atoms with E-state index in [4.69, 9.17) is 0 Å². The van der Waals surface area contributed by atoms with Gasteiger partial charge in [0.1, 0.15) is 0 Å². The van der Waals surface area contributed by atoms with Crippen LogP contribution in [0, 0.1) is 10.1 Å². The molecule has 2 aromatic rings. The van der Waals surface area contributed by atoms with Gasteiger partial charge in [-0.2, -0.15) is 5.10 Å². The van der Waals surface area contributed by atoms with Crippen LogP contribution in [0.2, 0.25) is 0 Å². The standard InChI is InChI=1S/C20H26N6O4/c27-19(18-16-12-15(26(29)30)6-7-17(16)23-24-18)21-14-8-10-25(11-9-14)20(28)22-13-4-2-1-3-5-13/h6-7,12-14H,1-5,8-11H2,(H,21,27)(H,22,28)(H,23,24). The molecule has 1 aromatic carbocycles. The van der Waals surface area contributed by atoms with E-state index in [1.54, 1.807) is 6.07 Å². The Kier molecular flexibility index (Phi) is 5.82. The highest BCUT2D eigenvalue weighted by molar-refractivity contribution is 6.05. The number of nitro groups is 1. The summed E-state index contributed by atoms with van der Waals surface area (Å²) in [5, 5.41) is 24.3. The molecule has 0 radical (unpaired) electrons. The van der Waals surface area contributed by atoms with Gasteiger partial charge in [0.15, 0.2) is 5.69 Å². The van der Waals surface area contributed by atoms with Crippen LogP contribution in [-0.4, -0.2) is 57.1 Å². The van der Waals surface area contributed by atoms with Crippen molar-refractivity contribution in [2.75, 3.05) is 13.1 Å². The lowest BCUT2D eigenvalue weighted by Crippen LogP contribution is -2.51. The minimum Gasteiger partial charge on any atom is -0.348 e. The molecule has 160 valence electrons. The number of nitrogens with zero attached hydrogens (tertiary/aromatic N) is 3. The first-order chi connectivity index (χ1) is 14.5. The molecule has 2 heterocycles. The number of hydrogen-bond acceptors (Lipinski definition) is 5. The Morgan fingerprint density at radius 2 is 1.77 bits per heavy atom. The Bertz CT molecular complexity index is 944. The molecule has 10 nitrogen and oxygen atoms in total. The van der Waals surface area contributed by atoms with Crippen LogP contribution in [0.1, 0.15) is 55.4 Å². The van der Waals surface area contributed by atoms with Crippen molar-refractivity contribution < 1.29 is 14.5 Å². The van der Waals surface area contributed by atoms with Crippen molar-refractivity contribution in [2.24, 2.45) is 0 Å². The van der Waals surface area contributed by atoms with Crippen molar-refractivity contribution in [1.82, 2.24) is 25.7 Å². The second-order valence-electron chi connectivity index (χ2n) is 8.08. The Labute approximate surface area is 173 Å². The van der Waals surface area contributed by atoms with Gasteiger partial charge in [0.05, 0.1) is 10.4 Å². The number of nitrogens with one attached hydrogen (secondary N) is 3. The molecule has 3 N–H and O–H groups in total. The maximum absolute atomic E-state index is 12.7. The maximum atomic E-state index is 12.7. The zero-order valence-electron chi connectivity index (χ0n) is 16.7. The molecular formula is C20H26N6O4. The van der Waals surface area contributed by atoms with Gasteiger partial charge in [-0.25, -0.2) is 4.79 Å². The lowest BCUT2D eigenvalue weighted by Gasteiger charge is -2.34. The van der Waals surface area contributed by atoms with E-state index in [9.17, 15) is 19.7 Å². The van der Waals surface area contributed by atoms with Crippen LogP contribution in [-0.2, 0) is 0 Å². The first-order valence-corrected chi connectivity index (χ1v) is 10.5. The molecule has 1 aromatic heterocycles. The van der Waals surface area contributed by atoms with Crippen molar-refractivity contribution in [3.8, 4) is 0 Å². The zero-order valence-corrected chi connectivity index (χ0v) is 16.7. The molecule has 1 aliphatic heterocycles. The predicted octanol–water partition coefficient (Wildman–Crippen LogP) is 2.71. The summed E-state index contributed by atoms with van der Waals surface area (Å²) in [7, 11) is 0. The fourth-order valence-electron chi connectivity index (χ4n) is 4.28. The van der Waals surface area contributed by atoms with Gasteiger partial charge in [0, 0.05) is 42.7 Å². The van der Waals surface area contributed by atoms with E-state index in [2.05, 4.69) is 20.8 Å². The van der Waals surface area contributed by atoms with Crippen molar-refractivity contribution in [1.29, 1.82) is 0 Å². The minimum absolute atomic E-state index is 0.0164. The molecule has 0 bridgehead atoms. The number of likely N-dealkylation sites (tertiary alicyclic amines) is 1. The third kappa shape index (κ3) is 4.37. The summed E-state index contributed by atoms with van der Waals surface area (Å²) in [5.41, 5.74) is 0.626. The average Bonchev–Trinajstić information content (AvgIpc) is 3.18. The monoisotopic (exact) mass is 414 g/mol. The molecule has 2 aliphatic rings. The lowest BCUT2D eigenvalue weighted by molar-refractivity contribution is -0.384. The quantitative estimate of drug-likeness (QED) is 0.522. The number of amides is 3. The molecule has 3 amide bonds. The molecule has 1 aliphatic carbocycles. The van der Waals surface area contributed by atoms with Gasteiger partial charge in [0.2, 0.25) is 0 Å². The number of carbonyl (C=O) groups is 2. The lowest BCUT2D eigenvalue weighted by atomic mass is 9.95. The van der Waals surface area contributed by atoms with Crippen LogP contribution in [0.5, 0.6) is 0 Å². The molecule has 0 unspecified atom stereocenters. The van der Waals surface area contributed by atoms with Gasteiger partial charge in [-0.05, 0) is 31.7 Å². The highest BCUT2D eigenvalue weighted by Gasteiger charge is 2.27. The number of benzene rings is 1. The van der Waals surface area contributed by atoms with Crippen LogP contribution in [0.25, 0.3) is 10.9 Å². The second-order valence-corrected chi connectivity index (χ2v) is 8.08. The number of H-pyrrole nitrogens is 1. The number of piperidine rings is 1. The zero-order chi connectivity index (χ0) is 21.1. The van der Waals surface area contributed by atoms with Gasteiger partial charge in [0.25, 0.3) is 11.6 Å². The topological polar surface area (TPSA) is 133 Å². The summed E-state index contributed by atoms with van der Waals surface area (Å²) in [4.78, 5) is 37.5. The Morgan fingerprint density at radius 1 is 1.07 bits per heavy atom. The molecular weight excluding hydrogens is 388 g/mol. The first kappa shape index (κ1) is 20.1. The summed E-state index contributed by atoms with van der Waals surface area (Å²) < 4.78 is 0. The number of urea groups is 1. The van der Waals surface area contributed by atoms with E-state index in [1.807, 2.05) is 4.90 Å². The van der Waals surface area contributed by atoms with Crippen LogP contribution < -0.4 is 10.6 Å². The summed E-state index contributed by atoms with van der Waals surface area (Å²) >= 11 is 0. The van der Waals surface area contributed by atoms with Crippen LogP contribution in [0.3, 0.4) is 0 Å². The molecule has 10 heteroatoms. The van der Waals surface area contributed by atoms with Gasteiger partial charge in [-0.3, -0.25) is 20.0 Å². The van der Waals surface area contributed by atoms with Crippen molar-refractivity contribution in [2.45, 2.75) is 57.0 Å². The number of non-ortho nitro benzene ring substituents is 1. The number of hydrogen-bond donors (Lipinski definition) is 3. The van der Waals surface area contributed by atoms with Crippen molar-refractivity contribution >= 4 is 28.5 Å². The molecule has 2 fully saturated rings. The maximum Gasteiger partial charge on any atom is 0.317 e. The third-order valence-electron chi connectivity index (χ3n) is 6.02. The Balaban J connectivity index is 1.32. The normalized spacial score (nSPS) is 18.3. The summed E-state index contributed by atoms with van der Waals surface area (Å²) in [6, 6.07) is 4.46. The van der Waals surface area contributed by atoms with E-state index in [-0.39, 0.29) is 35.4 Å². The fraction of sp³-hybridized carbons (Fsp3) is 0.550. The largest absolute Gasteiger partial charge is 0.348 e. The number of carbonyl (C=O) groups excluding carboxylic acids is 2. The Hall–Kier alpha value is -3.17. The summed E-state index contributed by atoms with van der Waals surface area (Å²) in [6.45, 7) is 1.16. The first-order valence-electron chi connectivity index (χ1n) is 10.5. The molecule has 4 rings (SSSR count). The van der Waals surface area contributed by atoms with Gasteiger partial charge < -0.3 is 15.5 Å². The van der Waals surface area contributed by atoms with Crippen LogP contribution >= 0.6 is 0 Å². The molecule has 0 atom stereocenters. The van der Waals surface area contributed by atoms with Crippen molar-refractivity contribution in [3.63, 3.8) is 0 Å². The predicted molar refractivity (Wildman–Crippen MR) is 110 cm³/mol. The number of fused-ring (bicyclic) bond motifs is 1.